The second-order valence-electron chi connectivity index (χ2n) is 8.46. The largest absolute Gasteiger partial charge is 0.477 e. The number of hydrogen-bond acceptors (Lipinski definition) is 5. The van der Waals surface area contributed by atoms with E-state index in [9.17, 15) is 27.3 Å². The van der Waals surface area contributed by atoms with Crippen LogP contribution in [-0.2, 0) is 41.3 Å². The fourth-order valence-electron chi connectivity index (χ4n) is 4.89. The molecule has 0 saturated carbocycles. The van der Waals surface area contributed by atoms with Gasteiger partial charge in [-0.25, -0.2) is 18.8 Å². The number of ether oxygens (including phenoxy) is 1. The summed E-state index contributed by atoms with van der Waals surface area (Å²) in [4.78, 5) is 12.7. The van der Waals surface area contributed by atoms with Gasteiger partial charge in [-0.05, 0) is 48.8 Å². The van der Waals surface area contributed by atoms with Gasteiger partial charge in [-0.3, -0.25) is 0 Å². The number of fused-ring (bicyclic) bond motifs is 3. The summed E-state index contributed by atoms with van der Waals surface area (Å²) in [5.41, 5.74) is -1.90. The van der Waals surface area contributed by atoms with E-state index in [1.807, 2.05) is 0 Å². The molecule has 33 heavy (non-hydrogen) atoms. The van der Waals surface area contributed by atoms with E-state index in [1.54, 1.807) is 6.07 Å². The molecule has 5 rings (SSSR count). The maximum absolute atomic E-state index is 13.8. The molecule has 13 heteroatoms. The summed E-state index contributed by atoms with van der Waals surface area (Å²) in [6.07, 6.45) is -1.75. The number of nitrogens with two attached hydrogens (primary N) is 1. The quantitative estimate of drug-likeness (QED) is 0.602. The van der Waals surface area contributed by atoms with E-state index in [0.717, 1.165) is 5.56 Å². The van der Waals surface area contributed by atoms with E-state index >= 15 is 0 Å². The zero-order valence-electron chi connectivity index (χ0n) is 17.4. The molecule has 0 unspecified atom stereocenters. The van der Waals surface area contributed by atoms with Crippen molar-refractivity contribution in [2.24, 2.45) is 9.50 Å². The van der Waals surface area contributed by atoms with Crippen LogP contribution in [0, 0.1) is 0 Å². The monoisotopic (exact) mass is 485 g/mol. The molecule has 4 N–H and O–H groups in total. The van der Waals surface area contributed by atoms with Gasteiger partial charge in [0, 0.05) is 18.5 Å². The molecule has 0 bridgehead atoms. The first-order chi connectivity index (χ1) is 15.5. The average molecular weight is 485 g/mol. The summed E-state index contributed by atoms with van der Waals surface area (Å²) < 4.78 is 65.1. The minimum atomic E-state index is -4.93. The number of urea groups is 1. The molecule has 2 aromatic rings. The highest BCUT2D eigenvalue weighted by atomic mass is 32.2. The van der Waals surface area contributed by atoms with Gasteiger partial charge >= 0.3 is 12.2 Å². The number of carbonyl (C=O) groups is 1. The van der Waals surface area contributed by atoms with E-state index in [2.05, 4.69) is 14.8 Å². The van der Waals surface area contributed by atoms with Crippen molar-refractivity contribution in [1.29, 1.82) is 0 Å². The number of halogens is 3. The number of aromatic nitrogens is 2. The second kappa shape index (κ2) is 7.43. The van der Waals surface area contributed by atoms with Crippen molar-refractivity contribution in [1.82, 2.24) is 9.78 Å². The van der Waals surface area contributed by atoms with Crippen LogP contribution >= 0.6 is 0 Å². The molecule has 0 fully saturated rings. The number of aliphatic hydroxyl groups is 1. The Morgan fingerprint density at radius 1 is 1.30 bits per heavy atom. The second-order valence-corrected chi connectivity index (χ2v) is 10.2. The van der Waals surface area contributed by atoms with Gasteiger partial charge in [-0.1, -0.05) is 6.07 Å². The number of anilines is 1. The highest BCUT2D eigenvalue weighted by Gasteiger charge is 2.59. The molecular formula is C20H22F3N5O4S. The average Bonchev–Trinajstić information content (AvgIpc) is 3.44. The fraction of sp³-hybridized carbons (Fsp3) is 0.500. The Morgan fingerprint density at radius 2 is 2.09 bits per heavy atom. The van der Waals surface area contributed by atoms with Gasteiger partial charge in [0.1, 0.15) is 4.90 Å². The lowest BCUT2D eigenvalue weighted by Gasteiger charge is -2.29. The highest BCUT2D eigenvalue weighted by molar-refractivity contribution is 7.91. The van der Waals surface area contributed by atoms with Crippen LogP contribution in [0.4, 0.5) is 23.7 Å². The molecule has 1 aromatic carbocycles. The molecule has 178 valence electrons. The van der Waals surface area contributed by atoms with Gasteiger partial charge in [-0.2, -0.15) is 18.3 Å². The van der Waals surface area contributed by atoms with Crippen molar-refractivity contribution >= 4 is 21.6 Å². The highest BCUT2D eigenvalue weighted by Crippen LogP contribution is 2.53. The predicted molar refractivity (Wildman–Crippen MR) is 111 cm³/mol. The molecular weight excluding hydrogens is 463 g/mol. The van der Waals surface area contributed by atoms with Crippen molar-refractivity contribution in [2.75, 3.05) is 11.9 Å². The third kappa shape index (κ3) is 3.49. The van der Waals surface area contributed by atoms with Crippen LogP contribution in [0.15, 0.2) is 21.5 Å². The molecule has 0 radical (unpaired) electrons. The zero-order valence-corrected chi connectivity index (χ0v) is 18.3. The number of nitrogens with zero attached hydrogens (tertiary/aromatic N) is 3. The number of amides is 2. The Balaban J connectivity index is 1.56. The third-order valence-electron chi connectivity index (χ3n) is 6.40. The SMILES string of the molecule is N[S@@](=O)(=NC(=O)Nc1c2c(cc3c1[C@@](O)(C(F)(F)F)CC3)CCC2)c1cnn2c1OCCC2. The summed E-state index contributed by atoms with van der Waals surface area (Å²) in [6.45, 7) is 0.883. The van der Waals surface area contributed by atoms with Gasteiger partial charge in [0.25, 0.3) is 0 Å². The number of rotatable bonds is 2. The van der Waals surface area contributed by atoms with E-state index in [0.29, 0.717) is 50.0 Å². The van der Waals surface area contributed by atoms with Crippen LogP contribution in [0.5, 0.6) is 5.88 Å². The third-order valence-corrected chi connectivity index (χ3v) is 7.75. The van der Waals surface area contributed by atoms with Crippen molar-refractivity contribution in [2.45, 2.75) is 61.7 Å². The first kappa shape index (κ1) is 22.2. The first-order valence-corrected chi connectivity index (χ1v) is 12.1. The van der Waals surface area contributed by atoms with Crippen molar-refractivity contribution in [3.05, 3.63) is 34.5 Å². The molecule has 2 amide bonds. The minimum Gasteiger partial charge on any atom is -0.477 e. The minimum absolute atomic E-state index is 0.0200. The molecule has 1 aliphatic heterocycles. The number of alkyl halides is 3. The summed E-state index contributed by atoms with van der Waals surface area (Å²) in [5.74, 6) is 0.151. The Bertz CT molecular complexity index is 1280. The van der Waals surface area contributed by atoms with E-state index in [4.69, 9.17) is 9.88 Å². The smallest absolute Gasteiger partial charge is 0.421 e. The van der Waals surface area contributed by atoms with E-state index < -0.39 is 34.1 Å². The van der Waals surface area contributed by atoms with Crippen molar-refractivity contribution in [3.8, 4) is 5.88 Å². The fourth-order valence-corrected chi connectivity index (χ4v) is 5.89. The number of carbonyl (C=O) groups excluding carboxylic acids is 1. The molecule has 2 aliphatic carbocycles. The van der Waals surface area contributed by atoms with Gasteiger partial charge in [0.2, 0.25) is 5.88 Å². The van der Waals surface area contributed by atoms with Crippen molar-refractivity contribution < 1.29 is 32.0 Å². The normalized spacial score (nSPS) is 23.2. The summed E-state index contributed by atoms with van der Waals surface area (Å²) >= 11 is 0. The summed E-state index contributed by atoms with van der Waals surface area (Å²) in [6, 6.07) is 0.508. The number of aryl methyl sites for hydroxylation is 3. The lowest BCUT2D eigenvalue weighted by atomic mass is 9.90. The lowest BCUT2D eigenvalue weighted by molar-refractivity contribution is -0.265. The van der Waals surface area contributed by atoms with Gasteiger partial charge < -0.3 is 15.2 Å². The summed E-state index contributed by atoms with van der Waals surface area (Å²) in [7, 11) is -3.79. The van der Waals surface area contributed by atoms with Gasteiger partial charge in [0.15, 0.2) is 15.5 Å². The Labute approximate surface area is 187 Å². The van der Waals surface area contributed by atoms with Crippen LogP contribution in [0.2, 0.25) is 0 Å². The molecule has 2 atom stereocenters. The molecule has 0 spiro atoms. The Morgan fingerprint density at radius 3 is 2.85 bits per heavy atom. The van der Waals surface area contributed by atoms with Crippen LogP contribution in [-0.4, -0.2) is 37.9 Å². The maximum Gasteiger partial charge on any atom is 0.421 e. The van der Waals surface area contributed by atoms with Crippen LogP contribution in [0.25, 0.3) is 0 Å². The zero-order chi connectivity index (χ0) is 23.6. The van der Waals surface area contributed by atoms with Gasteiger partial charge in [0.05, 0.1) is 18.5 Å². The number of benzene rings is 1. The van der Waals surface area contributed by atoms with Crippen molar-refractivity contribution in [3.63, 3.8) is 0 Å². The van der Waals surface area contributed by atoms with Crippen LogP contribution in [0.3, 0.4) is 0 Å². The molecule has 3 aliphatic rings. The summed E-state index contributed by atoms with van der Waals surface area (Å²) in [5, 5.41) is 22.9. The topological polar surface area (TPSA) is 132 Å². The maximum atomic E-state index is 13.8. The van der Waals surface area contributed by atoms with Gasteiger partial charge in [-0.15, -0.1) is 4.36 Å². The number of hydrogen-bond donors (Lipinski definition) is 3. The van der Waals surface area contributed by atoms with Crippen LogP contribution in [0.1, 0.15) is 41.5 Å². The lowest BCUT2D eigenvalue weighted by Crippen LogP contribution is -2.41. The molecule has 0 saturated heterocycles. The molecule has 9 nitrogen and oxygen atoms in total. The standard InChI is InChI=1S/C20H22F3N5O4S/c21-20(22,23)19(30)6-5-12-9-11-3-1-4-13(11)16(15(12)19)26-18(29)27-33(24,31)14-10-25-28-7-2-8-32-17(14)28/h9-10,30H,1-8H2,(H3,24,26,27,29,31)/t19-,33-/m1/s1. The number of nitrogens with one attached hydrogen (secondary N) is 1. The predicted octanol–water partition coefficient (Wildman–Crippen LogP) is 2.78. The van der Waals surface area contributed by atoms with Crippen LogP contribution < -0.4 is 15.2 Å². The van der Waals surface area contributed by atoms with E-state index in [-0.39, 0.29) is 28.4 Å². The molecule has 2 heterocycles. The Hall–Kier alpha value is -2.64. The van der Waals surface area contributed by atoms with E-state index in [1.165, 1.54) is 10.9 Å². The Kier molecular flexibility index (Phi) is 4.99. The first-order valence-electron chi connectivity index (χ1n) is 10.5. The molecule has 1 aromatic heterocycles.